The first-order chi connectivity index (χ1) is 8.09. The van der Waals surface area contributed by atoms with Crippen molar-refractivity contribution in [1.82, 2.24) is 4.72 Å². The normalized spacial score (nSPS) is 12.1. The summed E-state index contributed by atoms with van der Waals surface area (Å²) in [5.41, 5.74) is 4.50. The zero-order valence-electron chi connectivity index (χ0n) is 10.8. The van der Waals surface area contributed by atoms with Crippen LogP contribution in [0.1, 0.15) is 19.4 Å². The molecule has 0 aliphatic carbocycles. The number of hydrogen-bond acceptors (Lipinski definition) is 3. The fourth-order valence-electron chi connectivity index (χ4n) is 1.29. The van der Waals surface area contributed by atoms with Crippen LogP contribution >= 0.6 is 12.4 Å². The topological polar surface area (TPSA) is 72.2 Å². The Morgan fingerprint density at radius 2 is 1.79 bits per heavy atom. The summed E-state index contributed by atoms with van der Waals surface area (Å²) >= 11 is 0. The van der Waals surface area contributed by atoms with Gasteiger partial charge in [0, 0.05) is 12.1 Å². The van der Waals surface area contributed by atoms with Crippen molar-refractivity contribution in [2.75, 3.05) is 6.54 Å². The van der Waals surface area contributed by atoms with Crippen molar-refractivity contribution >= 4 is 22.4 Å². The molecule has 0 bridgehead atoms. The molecule has 1 rings (SSSR count). The van der Waals surface area contributed by atoms with E-state index in [0.717, 1.165) is 6.07 Å². The Morgan fingerprint density at radius 3 is 2.26 bits per heavy atom. The summed E-state index contributed by atoms with van der Waals surface area (Å²) < 4.78 is 53.0. The Morgan fingerprint density at radius 1 is 1.26 bits per heavy atom. The van der Waals surface area contributed by atoms with Crippen LogP contribution in [0.2, 0.25) is 0 Å². The fourth-order valence-corrected chi connectivity index (χ4v) is 2.79. The van der Waals surface area contributed by atoms with Gasteiger partial charge in [0.25, 0.3) is 0 Å². The van der Waals surface area contributed by atoms with Gasteiger partial charge < -0.3 is 5.73 Å². The number of aryl methyl sites for hydroxylation is 1. The molecule has 1 aromatic rings. The number of sulfonamides is 1. The summed E-state index contributed by atoms with van der Waals surface area (Å²) in [4.78, 5) is -0.716. The van der Waals surface area contributed by atoms with Crippen LogP contribution in [-0.2, 0) is 10.0 Å². The molecule has 0 aromatic heterocycles. The SMILES string of the molecule is Cc1cc(F)c(S(=O)(=O)NC(C)(C)CN)cc1F.Cl. The molecular weight excluding hydrogens is 298 g/mol. The summed E-state index contributed by atoms with van der Waals surface area (Å²) in [5, 5.41) is 0. The standard InChI is InChI=1S/C11H16F2N2O2S.ClH/c1-7-4-9(13)10(5-8(7)12)18(16,17)15-11(2,3)6-14;/h4-5,15H,6,14H2,1-3H3;1H. The first kappa shape index (κ1) is 18.2. The summed E-state index contributed by atoms with van der Waals surface area (Å²) in [6.07, 6.45) is 0. The lowest BCUT2D eigenvalue weighted by Gasteiger charge is -2.24. The van der Waals surface area contributed by atoms with Gasteiger partial charge in [0.15, 0.2) is 0 Å². The van der Waals surface area contributed by atoms with E-state index in [9.17, 15) is 17.2 Å². The van der Waals surface area contributed by atoms with E-state index in [1.165, 1.54) is 6.92 Å². The third kappa shape index (κ3) is 4.38. The summed E-state index contributed by atoms with van der Waals surface area (Å²) in [5.74, 6) is -1.77. The summed E-state index contributed by atoms with van der Waals surface area (Å²) in [6.45, 7) is 4.48. The van der Waals surface area contributed by atoms with Crippen LogP contribution in [0.15, 0.2) is 17.0 Å². The van der Waals surface area contributed by atoms with E-state index in [-0.39, 0.29) is 24.5 Å². The van der Waals surface area contributed by atoms with E-state index in [1.807, 2.05) is 0 Å². The fraction of sp³-hybridized carbons (Fsp3) is 0.455. The van der Waals surface area contributed by atoms with Gasteiger partial charge in [-0.1, -0.05) is 0 Å². The molecule has 110 valence electrons. The van der Waals surface area contributed by atoms with Crippen molar-refractivity contribution in [3.8, 4) is 0 Å². The number of benzene rings is 1. The maximum absolute atomic E-state index is 13.6. The van der Waals surface area contributed by atoms with Gasteiger partial charge >= 0.3 is 0 Å². The molecule has 0 radical (unpaired) electrons. The molecule has 4 nitrogen and oxygen atoms in total. The second kappa shape index (κ2) is 6.13. The van der Waals surface area contributed by atoms with Crippen molar-refractivity contribution in [2.24, 2.45) is 5.73 Å². The highest BCUT2D eigenvalue weighted by Gasteiger charge is 2.28. The average Bonchev–Trinajstić information content (AvgIpc) is 2.21. The van der Waals surface area contributed by atoms with E-state index in [0.29, 0.717) is 6.07 Å². The molecule has 19 heavy (non-hydrogen) atoms. The number of hydrogen-bond donors (Lipinski definition) is 2. The van der Waals surface area contributed by atoms with Crippen LogP contribution in [0.4, 0.5) is 8.78 Å². The van der Waals surface area contributed by atoms with Crippen molar-refractivity contribution in [3.63, 3.8) is 0 Å². The van der Waals surface area contributed by atoms with E-state index in [4.69, 9.17) is 5.73 Å². The highest BCUT2D eigenvalue weighted by Crippen LogP contribution is 2.20. The zero-order chi connectivity index (χ0) is 14.1. The van der Waals surface area contributed by atoms with E-state index >= 15 is 0 Å². The summed E-state index contributed by atoms with van der Waals surface area (Å²) in [6, 6.07) is 1.51. The van der Waals surface area contributed by atoms with Gasteiger partial charge in [-0.15, -0.1) is 12.4 Å². The molecule has 0 saturated heterocycles. The second-order valence-corrected chi connectivity index (χ2v) is 6.38. The number of nitrogens with two attached hydrogens (primary N) is 1. The molecule has 0 spiro atoms. The third-order valence-electron chi connectivity index (χ3n) is 2.42. The maximum Gasteiger partial charge on any atom is 0.244 e. The van der Waals surface area contributed by atoms with Gasteiger partial charge in [-0.05, 0) is 38.5 Å². The third-order valence-corrected chi connectivity index (χ3v) is 4.14. The first-order valence-corrected chi connectivity index (χ1v) is 6.77. The van der Waals surface area contributed by atoms with Crippen molar-refractivity contribution in [2.45, 2.75) is 31.2 Å². The lowest BCUT2D eigenvalue weighted by molar-refractivity contribution is 0.458. The number of rotatable bonds is 4. The van der Waals surface area contributed by atoms with Gasteiger partial charge in [-0.25, -0.2) is 21.9 Å². The highest BCUT2D eigenvalue weighted by atomic mass is 35.5. The molecule has 0 amide bonds. The van der Waals surface area contributed by atoms with Gasteiger partial charge in [-0.2, -0.15) is 0 Å². The molecule has 0 saturated carbocycles. The van der Waals surface area contributed by atoms with Crippen LogP contribution in [0.3, 0.4) is 0 Å². The second-order valence-electron chi connectivity index (χ2n) is 4.73. The van der Waals surface area contributed by atoms with Gasteiger partial charge in [0.1, 0.15) is 16.5 Å². The largest absolute Gasteiger partial charge is 0.329 e. The Balaban J connectivity index is 0.00000324. The molecule has 8 heteroatoms. The summed E-state index contributed by atoms with van der Waals surface area (Å²) in [7, 11) is -4.14. The zero-order valence-corrected chi connectivity index (χ0v) is 12.5. The molecule has 0 heterocycles. The predicted octanol–water partition coefficient (Wildman–Crippen LogP) is 1.71. The van der Waals surface area contributed by atoms with E-state index < -0.39 is 32.1 Å². The molecule has 0 fully saturated rings. The van der Waals surface area contributed by atoms with Gasteiger partial charge in [0.05, 0.1) is 0 Å². The Labute approximate surface area is 117 Å². The molecule has 1 aromatic carbocycles. The average molecular weight is 315 g/mol. The van der Waals surface area contributed by atoms with Crippen molar-refractivity contribution < 1.29 is 17.2 Å². The molecule has 0 aliphatic rings. The Hall–Kier alpha value is -0.760. The first-order valence-electron chi connectivity index (χ1n) is 5.29. The van der Waals surface area contributed by atoms with Crippen LogP contribution in [-0.4, -0.2) is 20.5 Å². The van der Waals surface area contributed by atoms with Crippen molar-refractivity contribution in [3.05, 3.63) is 29.3 Å². The quantitative estimate of drug-likeness (QED) is 0.888. The molecule has 0 aliphatic heterocycles. The van der Waals surface area contributed by atoms with E-state index in [2.05, 4.69) is 4.72 Å². The highest BCUT2D eigenvalue weighted by molar-refractivity contribution is 7.89. The minimum Gasteiger partial charge on any atom is -0.329 e. The minimum atomic E-state index is -4.14. The lowest BCUT2D eigenvalue weighted by Crippen LogP contribution is -2.48. The van der Waals surface area contributed by atoms with Crippen LogP contribution in [0.5, 0.6) is 0 Å². The lowest BCUT2D eigenvalue weighted by atomic mass is 10.1. The van der Waals surface area contributed by atoms with E-state index in [1.54, 1.807) is 13.8 Å². The molecular formula is C11H17ClF2N2O2S. The number of halogens is 3. The van der Waals surface area contributed by atoms with Crippen molar-refractivity contribution in [1.29, 1.82) is 0 Å². The molecule has 0 atom stereocenters. The minimum absolute atomic E-state index is 0. The van der Waals surface area contributed by atoms with Gasteiger partial charge in [0.2, 0.25) is 10.0 Å². The van der Waals surface area contributed by atoms with Gasteiger partial charge in [-0.3, -0.25) is 0 Å². The predicted molar refractivity (Wildman–Crippen MR) is 71.8 cm³/mol. The molecule has 3 N–H and O–H groups in total. The van der Waals surface area contributed by atoms with Crippen LogP contribution in [0, 0.1) is 18.6 Å². The number of nitrogens with one attached hydrogen (secondary N) is 1. The Kier molecular flexibility index (Phi) is 5.88. The molecule has 0 unspecified atom stereocenters. The van der Waals surface area contributed by atoms with Crippen LogP contribution in [0.25, 0.3) is 0 Å². The Bertz CT molecular complexity index is 562. The monoisotopic (exact) mass is 314 g/mol. The smallest absolute Gasteiger partial charge is 0.244 e. The maximum atomic E-state index is 13.6. The van der Waals surface area contributed by atoms with Crippen LogP contribution < -0.4 is 10.5 Å².